The average molecular weight is 428 g/mol. The van der Waals surface area contributed by atoms with Gasteiger partial charge < -0.3 is 14.7 Å². The molecule has 1 aliphatic rings. The van der Waals surface area contributed by atoms with Crippen molar-refractivity contribution in [1.29, 1.82) is 0 Å². The molecule has 0 atom stereocenters. The molecule has 0 unspecified atom stereocenters. The highest BCUT2D eigenvalue weighted by Crippen LogP contribution is 2.35. The monoisotopic (exact) mass is 427 g/mol. The molecule has 166 valence electrons. The van der Waals surface area contributed by atoms with E-state index in [1.54, 1.807) is 6.08 Å². The van der Waals surface area contributed by atoms with Gasteiger partial charge in [0.05, 0.1) is 6.61 Å². The first-order valence-electron chi connectivity index (χ1n) is 11.1. The largest absolute Gasteiger partial charge is 0.492 e. The molecule has 3 rings (SSSR count). The van der Waals surface area contributed by atoms with Gasteiger partial charge in [-0.3, -0.25) is 0 Å². The summed E-state index contributed by atoms with van der Waals surface area (Å²) in [5.74, 6) is 0.892. The third kappa shape index (κ3) is 6.43. The number of benzene rings is 2. The number of nitrogens with zero attached hydrogens (tertiary/aromatic N) is 1. The molecule has 0 heterocycles. The van der Waals surface area contributed by atoms with Gasteiger partial charge in [-0.25, -0.2) is 0 Å². The molecule has 0 fully saturated rings. The van der Waals surface area contributed by atoms with Gasteiger partial charge in [-0.05, 0) is 72.5 Å². The van der Waals surface area contributed by atoms with E-state index < -0.39 is 0 Å². The SMILES string of the molecule is C=C/C=C\C=C1/CC=CC(c2ccccc2CO)=C1Cc1ccc(OCCN(C)C)cc1. The molecular weight excluding hydrogens is 394 g/mol. The van der Waals surface area contributed by atoms with Crippen LogP contribution in [0.15, 0.2) is 103 Å². The quantitative estimate of drug-likeness (QED) is 0.491. The molecule has 0 bridgehead atoms. The summed E-state index contributed by atoms with van der Waals surface area (Å²) in [5.41, 5.74) is 6.99. The molecule has 3 nitrogen and oxygen atoms in total. The normalized spacial score (nSPS) is 15.2. The zero-order chi connectivity index (χ0) is 22.8. The minimum atomic E-state index is 0.0230. The maximum absolute atomic E-state index is 9.90. The predicted octanol–water partition coefficient (Wildman–Crippen LogP) is 5.74. The lowest BCUT2D eigenvalue weighted by atomic mass is 9.83. The molecule has 0 spiro atoms. The van der Waals surface area contributed by atoms with Gasteiger partial charge in [0, 0.05) is 6.54 Å². The molecule has 0 saturated carbocycles. The van der Waals surface area contributed by atoms with Gasteiger partial charge in [0.1, 0.15) is 12.4 Å². The third-order valence-corrected chi connectivity index (χ3v) is 5.47. The summed E-state index contributed by atoms with van der Waals surface area (Å²) in [4.78, 5) is 2.11. The number of hydrogen-bond acceptors (Lipinski definition) is 3. The Morgan fingerprint density at radius 3 is 2.56 bits per heavy atom. The van der Waals surface area contributed by atoms with Crippen LogP contribution in [0, 0.1) is 0 Å². The molecule has 2 aromatic carbocycles. The number of likely N-dealkylation sites (N-methyl/N-ethyl adjacent to an activating group) is 1. The van der Waals surface area contributed by atoms with Crippen LogP contribution in [0.5, 0.6) is 5.75 Å². The van der Waals surface area contributed by atoms with Gasteiger partial charge in [0.15, 0.2) is 0 Å². The van der Waals surface area contributed by atoms with Gasteiger partial charge in [0.25, 0.3) is 0 Å². The fourth-order valence-electron chi connectivity index (χ4n) is 3.76. The molecule has 1 aliphatic carbocycles. The highest BCUT2D eigenvalue weighted by molar-refractivity contribution is 5.83. The van der Waals surface area contributed by atoms with E-state index in [1.807, 2.05) is 56.6 Å². The Hall–Kier alpha value is -3.14. The minimum Gasteiger partial charge on any atom is -0.492 e. The van der Waals surface area contributed by atoms with E-state index in [2.05, 4.69) is 47.9 Å². The highest BCUT2D eigenvalue weighted by Gasteiger charge is 2.17. The Balaban J connectivity index is 1.93. The average Bonchev–Trinajstić information content (AvgIpc) is 2.81. The number of aliphatic hydroxyl groups is 1. The molecule has 0 saturated heterocycles. The second-order valence-electron chi connectivity index (χ2n) is 8.10. The van der Waals surface area contributed by atoms with Crippen LogP contribution < -0.4 is 4.74 Å². The summed E-state index contributed by atoms with van der Waals surface area (Å²) in [5, 5.41) is 9.90. The Bertz CT molecular complexity index is 1020. The number of allylic oxidation sites excluding steroid dienone is 9. The van der Waals surface area contributed by atoms with E-state index in [4.69, 9.17) is 4.74 Å². The van der Waals surface area contributed by atoms with E-state index in [1.165, 1.54) is 22.3 Å². The Labute approximate surface area is 192 Å². The van der Waals surface area contributed by atoms with Gasteiger partial charge in [0.2, 0.25) is 0 Å². The topological polar surface area (TPSA) is 32.7 Å². The van der Waals surface area contributed by atoms with Crippen molar-refractivity contribution in [3.05, 3.63) is 119 Å². The Morgan fingerprint density at radius 2 is 1.84 bits per heavy atom. The van der Waals surface area contributed by atoms with Crippen LogP contribution in [0.3, 0.4) is 0 Å². The summed E-state index contributed by atoms with van der Waals surface area (Å²) in [7, 11) is 4.08. The first-order chi connectivity index (χ1) is 15.6. The van der Waals surface area contributed by atoms with Crippen molar-refractivity contribution < 1.29 is 9.84 Å². The van der Waals surface area contributed by atoms with Crippen molar-refractivity contribution in [3.63, 3.8) is 0 Å². The second kappa shape index (κ2) is 12.0. The zero-order valence-corrected chi connectivity index (χ0v) is 19.1. The second-order valence-corrected chi connectivity index (χ2v) is 8.10. The number of rotatable bonds is 10. The van der Waals surface area contributed by atoms with Crippen molar-refractivity contribution in [2.24, 2.45) is 0 Å². The summed E-state index contributed by atoms with van der Waals surface area (Å²) < 4.78 is 5.85. The van der Waals surface area contributed by atoms with Crippen molar-refractivity contribution >= 4 is 5.57 Å². The van der Waals surface area contributed by atoms with Crippen LogP contribution in [0.1, 0.15) is 23.1 Å². The fraction of sp³-hybridized carbons (Fsp3) is 0.241. The van der Waals surface area contributed by atoms with Gasteiger partial charge in [-0.2, -0.15) is 0 Å². The summed E-state index contributed by atoms with van der Waals surface area (Å²) in [6, 6.07) is 16.5. The van der Waals surface area contributed by atoms with E-state index in [9.17, 15) is 5.11 Å². The lowest BCUT2D eigenvalue weighted by Gasteiger charge is -2.21. The highest BCUT2D eigenvalue weighted by atomic mass is 16.5. The van der Waals surface area contributed by atoms with Crippen molar-refractivity contribution in [1.82, 2.24) is 4.90 Å². The number of ether oxygens (including phenoxy) is 1. The van der Waals surface area contributed by atoms with Crippen molar-refractivity contribution in [2.45, 2.75) is 19.4 Å². The summed E-state index contributed by atoms with van der Waals surface area (Å²) >= 11 is 0. The number of aliphatic hydroxyl groups excluding tert-OH is 1. The smallest absolute Gasteiger partial charge is 0.119 e. The molecule has 0 aromatic heterocycles. The maximum Gasteiger partial charge on any atom is 0.119 e. The summed E-state index contributed by atoms with van der Waals surface area (Å²) in [6.07, 6.45) is 14.0. The first kappa shape index (κ1) is 23.5. The van der Waals surface area contributed by atoms with E-state index in [0.29, 0.717) is 6.61 Å². The molecule has 1 N–H and O–H groups in total. The van der Waals surface area contributed by atoms with Gasteiger partial charge in [-0.1, -0.05) is 79.4 Å². The van der Waals surface area contributed by atoms with Crippen molar-refractivity contribution in [2.75, 3.05) is 27.2 Å². The first-order valence-corrected chi connectivity index (χ1v) is 11.1. The maximum atomic E-state index is 9.90. The van der Waals surface area contributed by atoms with E-state index >= 15 is 0 Å². The van der Waals surface area contributed by atoms with Crippen LogP contribution in [-0.4, -0.2) is 37.3 Å². The van der Waals surface area contributed by atoms with Crippen LogP contribution in [0.2, 0.25) is 0 Å². The molecule has 0 aliphatic heterocycles. The van der Waals surface area contributed by atoms with E-state index in [-0.39, 0.29) is 6.61 Å². The molecule has 3 heteroatoms. The molecule has 2 aromatic rings. The predicted molar refractivity (Wildman–Crippen MR) is 135 cm³/mol. The lowest BCUT2D eigenvalue weighted by molar-refractivity contribution is 0.261. The van der Waals surface area contributed by atoms with Crippen LogP contribution in [-0.2, 0) is 13.0 Å². The Morgan fingerprint density at radius 1 is 1.06 bits per heavy atom. The van der Waals surface area contributed by atoms with E-state index in [0.717, 1.165) is 36.3 Å². The molecule has 0 radical (unpaired) electrons. The fourth-order valence-corrected chi connectivity index (χ4v) is 3.76. The molecule has 0 amide bonds. The lowest BCUT2D eigenvalue weighted by Crippen LogP contribution is -2.19. The summed E-state index contributed by atoms with van der Waals surface area (Å²) in [6.45, 7) is 5.36. The zero-order valence-electron chi connectivity index (χ0n) is 19.1. The molecular formula is C29H33NO2. The number of hydrogen-bond donors (Lipinski definition) is 1. The minimum absolute atomic E-state index is 0.0230. The van der Waals surface area contributed by atoms with Gasteiger partial charge in [-0.15, -0.1) is 0 Å². The third-order valence-electron chi connectivity index (χ3n) is 5.47. The standard InChI is InChI=1S/C29H33NO2/c1-4-5-6-10-24-12-9-14-28(27-13-8-7-11-25(27)22-31)29(24)21-23-15-17-26(18-16-23)32-20-19-30(2)3/h4-11,13-18,31H,1,12,19-22H2,2-3H3/b6-5-,24-10+. The Kier molecular flexibility index (Phi) is 8.85. The van der Waals surface area contributed by atoms with Crippen LogP contribution >= 0.6 is 0 Å². The molecule has 32 heavy (non-hydrogen) atoms. The van der Waals surface area contributed by atoms with Crippen LogP contribution in [0.25, 0.3) is 5.57 Å². The van der Waals surface area contributed by atoms with Crippen LogP contribution in [0.4, 0.5) is 0 Å². The van der Waals surface area contributed by atoms with Gasteiger partial charge >= 0.3 is 0 Å². The van der Waals surface area contributed by atoms with Crippen molar-refractivity contribution in [3.8, 4) is 5.75 Å².